The minimum atomic E-state index is 0.237. The Morgan fingerprint density at radius 1 is 1.00 bits per heavy atom. The molecule has 0 aliphatic rings. The summed E-state index contributed by atoms with van der Waals surface area (Å²) in [5.41, 5.74) is 1.98. The zero-order valence-electron chi connectivity index (χ0n) is 9.96. The van der Waals surface area contributed by atoms with Crippen LogP contribution in [0.25, 0.3) is 0 Å². The summed E-state index contributed by atoms with van der Waals surface area (Å²) >= 11 is 0. The molecule has 0 bridgehead atoms. The summed E-state index contributed by atoms with van der Waals surface area (Å²) in [6.45, 7) is 11.5. The first-order valence-electron chi connectivity index (χ1n) is 5.22. The fourth-order valence-corrected chi connectivity index (χ4v) is 2.23. The molecular formula is C13H21N. The van der Waals surface area contributed by atoms with E-state index in [2.05, 4.69) is 51.7 Å². The van der Waals surface area contributed by atoms with Crippen molar-refractivity contribution in [2.75, 3.05) is 0 Å². The van der Waals surface area contributed by atoms with Gasteiger partial charge in [0.15, 0.2) is 0 Å². The van der Waals surface area contributed by atoms with Crippen molar-refractivity contribution in [3.05, 3.63) is 30.1 Å². The van der Waals surface area contributed by atoms with Crippen molar-refractivity contribution in [1.82, 2.24) is 4.98 Å². The van der Waals surface area contributed by atoms with Crippen LogP contribution in [0, 0.1) is 5.41 Å². The Bertz CT molecular complexity index is 280. The highest BCUT2D eigenvalue weighted by Gasteiger charge is 2.26. The molecule has 0 aromatic carbocycles. The minimum Gasteiger partial charge on any atom is -0.265 e. The van der Waals surface area contributed by atoms with E-state index in [9.17, 15) is 0 Å². The maximum atomic E-state index is 4.06. The molecule has 1 aromatic rings. The van der Waals surface area contributed by atoms with Crippen molar-refractivity contribution >= 4 is 0 Å². The van der Waals surface area contributed by atoms with Gasteiger partial charge in [-0.15, -0.1) is 0 Å². The van der Waals surface area contributed by atoms with Crippen LogP contribution in [-0.4, -0.2) is 4.98 Å². The molecule has 0 fully saturated rings. The fraction of sp³-hybridized carbons (Fsp3) is 0.615. The summed E-state index contributed by atoms with van der Waals surface area (Å²) in [4.78, 5) is 4.06. The van der Waals surface area contributed by atoms with E-state index in [1.54, 1.807) is 0 Å². The van der Waals surface area contributed by atoms with Crippen molar-refractivity contribution < 1.29 is 0 Å². The molecule has 0 saturated carbocycles. The molecule has 14 heavy (non-hydrogen) atoms. The lowest BCUT2D eigenvalue weighted by atomic mass is 9.72. The zero-order valence-corrected chi connectivity index (χ0v) is 9.96. The van der Waals surface area contributed by atoms with E-state index in [-0.39, 0.29) is 5.41 Å². The molecule has 0 amide bonds. The van der Waals surface area contributed by atoms with E-state index in [0.29, 0.717) is 5.41 Å². The van der Waals surface area contributed by atoms with Gasteiger partial charge in [-0.2, -0.15) is 0 Å². The third-order valence-corrected chi connectivity index (χ3v) is 2.43. The summed E-state index contributed by atoms with van der Waals surface area (Å²) < 4.78 is 0. The molecule has 0 N–H and O–H groups in total. The van der Waals surface area contributed by atoms with Crippen molar-refractivity contribution in [2.45, 2.75) is 46.5 Å². The molecule has 0 spiro atoms. The van der Waals surface area contributed by atoms with Crippen LogP contribution in [0.3, 0.4) is 0 Å². The van der Waals surface area contributed by atoms with Crippen molar-refractivity contribution in [2.24, 2.45) is 5.41 Å². The lowest BCUT2D eigenvalue weighted by molar-refractivity contribution is 0.284. The van der Waals surface area contributed by atoms with Crippen LogP contribution >= 0.6 is 0 Å². The van der Waals surface area contributed by atoms with Gasteiger partial charge in [0.05, 0.1) is 0 Å². The second-order valence-electron chi connectivity index (χ2n) is 5.86. The molecule has 1 rings (SSSR count). The quantitative estimate of drug-likeness (QED) is 0.693. The Morgan fingerprint density at radius 2 is 1.50 bits per heavy atom. The van der Waals surface area contributed by atoms with Crippen LogP contribution in [0.15, 0.2) is 24.5 Å². The zero-order chi connectivity index (χ0) is 10.8. The van der Waals surface area contributed by atoms with Gasteiger partial charge in [0.2, 0.25) is 0 Å². The molecule has 0 aliphatic carbocycles. The molecule has 0 saturated heterocycles. The number of hydrogen-bond acceptors (Lipinski definition) is 1. The van der Waals surface area contributed by atoms with Crippen molar-refractivity contribution in [1.29, 1.82) is 0 Å². The summed E-state index contributed by atoms with van der Waals surface area (Å²) in [5, 5.41) is 0. The first kappa shape index (κ1) is 11.2. The highest BCUT2D eigenvalue weighted by molar-refractivity contribution is 5.20. The van der Waals surface area contributed by atoms with Crippen LogP contribution in [0.4, 0.5) is 0 Å². The molecule has 1 aromatic heterocycles. The molecule has 0 aliphatic heterocycles. The van der Waals surface area contributed by atoms with E-state index >= 15 is 0 Å². The molecule has 0 atom stereocenters. The molecule has 78 valence electrons. The Labute approximate surface area is 87.6 Å². The minimum absolute atomic E-state index is 0.237. The predicted octanol–water partition coefficient (Wildman–Crippen LogP) is 3.80. The maximum Gasteiger partial charge on any atom is 0.0270 e. The number of rotatable bonds is 2. The van der Waals surface area contributed by atoms with Crippen LogP contribution in [0.1, 0.15) is 46.6 Å². The monoisotopic (exact) mass is 191 g/mol. The second-order valence-corrected chi connectivity index (χ2v) is 5.86. The van der Waals surface area contributed by atoms with Crippen LogP contribution in [-0.2, 0) is 5.41 Å². The Balaban J connectivity index is 2.86. The second kappa shape index (κ2) is 3.72. The van der Waals surface area contributed by atoms with Gasteiger partial charge in [0.25, 0.3) is 0 Å². The fourth-order valence-electron chi connectivity index (χ4n) is 2.23. The van der Waals surface area contributed by atoms with Crippen LogP contribution < -0.4 is 0 Å². The Morgan fingerprint density at radius 3 is 1.93 bits per heavy atom. The van der Waals surface area contributed by atoms with Gasteiger partial charge < -0.3 is 0 Å². The molecule has 1 nitrogen and oxygen atoms in total. The standard InChI is InChI=1S/C13H21N/c1-12(2,3)10-13(4,5)11-6-8-14-9-7-11/h6-9H,10H2,1-5H3. The first-order chi connectivity index (χ1) is 6.31. The molecule has 0 unspecified atom stereocenters. The van der Waals surface area contributed by atoms with Gasteiger partial charge in [-0.3, -0.25) is 4.98 Å². The SMILES string of the molecule is CC(C)(C)CC(C)(C)c1ccncc1. The Hall–Kier alpha value is -0.850. The smallest absolute Gasteiger partial charge is 0.0270 e. The van der Waals surface area contributed by atoms with Crippen LogP contribution in [0.5, 0.6) is 0 Å². The number of pyridine rings is 1. The van der Waals surface area contributed by atoms with E-state index in [1.807, 2.05) is 12.4 Å². The van der Waals surface area contributed by atoms with Gasteiger partial charge in [-0.25, -0.2) is 0 Å². The van der Waals surface area contributed by atoms with Crippen LogP contribution in [0.2, 0.25) is 0 Å². The van der Waals surface area contributed by atoms with E-state index in [4.69, 9.17) is 0 Å². The van der Waals surface area contributed by atoms with Gasteiger partial charge >= 0.3 is 0 Å². The average Bonchev–Trinajstić information content (AvgIpc) is 2.01. The maximum absolute atomic E-state index is 4.06. The predicted molar refractivity (Wildman–Crippen MR) is 61.3 cm³/mol. The third kappa shape index (κ3) is 3.13. The van der Waals surface area contributed by atoms with Gasteiger partial charge in [0.1, 0.15) is 0 Å². The number of aromatic nitrogens is 1. The topological polar surface area (TPSA) is 12.9 Å². The van der Waals surface area contributed by atoms with E-state index in [1.165, 1.54) is 12.0 Å². The normalized spacial score (nSPS) is 12.9. The summed E-state index contributed by atoms with van der Waals surface area (Å²) in [7, 11) is 0. The molecule has 1 heteroatoms. The number of hydrogen-bond donors (Lipinski definition) is 0. The highest BCUT2D eigenvalue weighted by atomic mass is 14.6. The lowest BCUT2D eigenvalue weighted by Gasteiger charge is -2.32. The van der Waals surface area contributed by atoms with E-state index in [0.717, 1.165) is 0 Å². The summed E-state index contributed by atoms with van der Waals surface area (Å²) in [5.74, 6) is 0. The molecular weight excluding hydrogens is 170 g/mol. The van der Waals surface area contributed by atoms with Gasteiger partial charge in [-0.1, -0.05) is 34.6 Å². The average molecular weight is 191 g/mol. The van der Waals surface area contributed by atoms with Gasteiger partial charge in [0, 0.05) is 12.4 Å². The van der Waals surface area contributed by atoms with Crippen molar-refractivity contribution in [3.8, 4) is 0 Å². The highest BCUT2D eigenvalue weighted by Crippen LogP contribution is 2.35. The largest absolute Gasteiger partial charge is 0.265 e. The van der Waals surface area contributed by atoms with E-state index < -0.39 is 0 Å². The Kier molecular flexibility index (Phi) is 2.98. The van der Waals surface area contributed by atoms with Gasteiger partial charge in [-0.05, 0) is 34.9 Å². The third-order valence-electron chi connectivity index (χ3n) is 2.43. The lowest BCUT2D eigenvalue weighted by Crippen LogP contribution is -2.24. The number of nitrogens with zero attached hydrogens (tertiary/aromatic N) is 1. The first-order valence-corrected chi connectivity index (χ1v) is 5.22. The van der Waals surface area contributed by atoms with Crippen molar-refractivity contribution in [3.63, 3.8) is 0 Å². The summed E-state index contributed by atoms with van der Waals surface area (Å²) in [6, 6.07) is 4.23. The summed E-state index contributed by atoms with van der Waals surface area (Å²) in [6.07, 6.45) is 4.93. The molecule has 1 heterocycles. The molecule has 0 radical (unpaired) electrons.